The highest BCUT2D eigenvalue weighted by Gasteiger charge is 2.32. The predicted octanol–water partition coefficient (Wildman–Crippen LogP) is 4.34. The van der Waals surface area contributed by atoms with Gasteiger partial charge >= 0.3 is 6.09 Å². The van der Waals surface area contributed by atoms with Crippen molar-refractivity contribution in [2.24, 2.45) is 0 Å². The first-order chi connectivity index (χ1) is 14.4. The number of nitrogens with zero attached hydrogens (tertiary/aromatic N) is 3. The van der Waals surface area contributed by atoms with Crippen LogP contribution in [0.15, 0.2) is 18.3 Å². The average molecular weight is 416 g/mol. The number of aromatic nitrogens is 1. The summed E-state index contributed by atoms with van der Waals surface area (Å²) in [4.78, 5) is 21.3. The van der Waals surface area contributed by atoms with E-state index in [1.54, 1.807) is 0 Å². The Kier molecular flexibility index (Phi) is 6.63. The molecule has 2 aliphatic heterocycles. The molecule has 2 fully saturated rings. The van der Waals surface area contributed by atoms with Gasteiger partial charge in [0.15, 0.2) is 0 Å². The number of fused-ring (bicyclic) bond motifs is 1. The number of carbonyl (C=O) groups excluding carboxylic acids is 1. The Morgan fingerprint density at radius 1 is 1.03 bits per heavy atom. The van der Waals surface area contributed by atoms with E-state index in [-0.39, 0.29) is 12.2 Å². The molecule has 1 aliphatic carbocycles. The monoisotopic (exact) mass is 415 g/mol. The summed E-state index contributed by atoms with van der Waals surface area (Å²) in [6, 6.07) is 4.88. The van der Waals surface area contributed by atoms with E-state index in [1.165, 1.54) is 24.1 Å². The summed E-state index contributed by atoms with van der Waals surface area (Å²) >= 11 is 0. The molecule has 0 N–H and O–H groups in total. The Balaban J connectivity index is 1.21. The van der Waals surface area contributed by atoms with E-state index in [0.29, 0.717) is 12.1 Å². The number of pyridine rings is 1. The van der Waals surface area contributed by atoms with Gasteiger partial charge in [-0.1, -0.05) is 6.07 Å². The number of piperidine rings is 2. The van der Waals surface area contributed by atoms with Gasteiger partial charge < -0.3 is 14.4 Å². The molecule has 4 rings (SSSR count). The molecule has 0 spiro atoms. The van der Waals surface area contributed by atoms with Gasteiger partial charge in [0.1, 0.15) is 5.60 Å². The maximum Gasteiger partial charge on any atom is 0.410 e. The molecule has 0 bridgehead atoms. The molecule has 1 amide bonds. The molecule has 0 aromatic carbocycles. The Labute approximate surface area is 180 Å². The van der Waals surface area contributed by atoms with Crippen LogP contribution in [0.4, 0.5) is 4.79 Å². The molecule has 3 aliphatic rings. The fourth-order valence-corrected chi connectivity index (χ4v) is 5.06. The molecule has 1 atom stereocenters. The van der Waals surface area contributed by atoms with E-state index >= 15 is 0 Å². The molecule has 30 heavy (non-hydrogen) atoms. The zero-order chi connectivity index (χ0) is 21.1. The minimum atomic E-state index is -0.437. The summed E-state index contributed by atoms with van der Waals surface area (Å²) in [5.74, 6) is 0. The molecule has 166 valence electrons. The van der Waals surface area contributed by atoms with Crippen molar-refractivity contribution >= 4 is 6.09 Å². The third kappa shape index (κ3) is 5.33. The van der Waals surface area contributed by atoms with Gasteiger partial charge in [0.05, 0.1) is 12.2 Å². The van der Waals surface area contributed by atoms with E-state index in [1.807, 2.05) is 31.9 Å². The lowest BCUT2D eigenvalue weighted by atomic mass is 9.89. The maximum atomic E-state index is 12.2. The van der Waals surface area contributed by atoms with Gasteiger partial charge in [0.25, 0.3) is 0 Å². The van der Waals surface area contributed by atoms with E-state index in [9.17, 15) is 4.79 Å². The highest BCUT2D eigenvalue weighted by Crippen LogP contribution is 2.35. The molecule has 0 saturated carbocycles. The van der Waals surface area contributed by atoms with E-state index in [2.05, 4.69) is 22.0 Å². The van der Waals surface area contributed by atoms with Gasteiger partial charge in [-0.3, -0.25) is 9.88 Å². The van der Waals surface area contributed by atoms with E-state index < -0.39 is 5.60 Å². The summed E-state index contributed by atoms with van der Waals surface area (Å²) in [7, 11) is 0. The van der Waals surface area contributed by atoms with Gasteiger partial charge in [0.2, 0.25) is 0 Å². The number of rotatable bonds is 3. The van der Waals surface area contributed by atoms with Crippen LogP contribution < -0.4 is 0 Å². The summed E-state index contributed by atoms with van der Waals surface area (Å²) in [6.45, 7) is 9.38. The molecule has 6 heteroatoms. The summed E-state index contributed by atoms with van der Waals surface area (Å²) in [5.41, 5.74) is 2.30. The second-order valence-corrected chi connectivity index (χ2v) is 9.99. The SMILES string of the molecule is CC(C)(C)OC(=O)N1CCC(OC2CCN(C3CCCc4ncccc43)CC2)CC1. The van der Waals surface area contributed by atoms with Crippen LogP contribution in [0.5, 0.6) is 0 Å². The van der Waals surface area contributed by atoms with Crippen LogP contribution in [0.25, 0.3) is 0 Å². The summed E-state index contributed by atoms with van der Waals surface area (Å²) in [5, 5.41) is 0. The predicted molar refractivity (Wildman–Crippen MR) is 116 cm³/mol. The highest BCUT2D eigenvalue weighted by molar-refractivity contribution is 5.68. The van der Waals surface area contributed by atoms with Gasteiger partial charge in [-0.05, 0) is 77.3 Å². The van der Waals surface area contributed by atoms with Crippen LogP contribution in [-0.4, -0.2) is 64.9 Å². The molecule has 1 aromatic rings. The number of hydrogen-bond acceptors (Lipinski definition) is 5. The van der Waals surface area contributed by atoms with Crippen molar-refractivity contribution in [2.75, 3.05) is 26.2 Å². The fraction of sp³-hybridized carbons (Fsp3) is 0.750. The minimum Gasteiger partial charge on any atom is -0.444 e. The van der Waals surface area contributed by atoms with Gasteiger partial charge in [0, 0.05) is 44.1 Å². The fourth-order valence-electron chi connectivity index (χ4n) is 5.06. The number of amides is 1. The lowest BCUT2D eigenvalue weighted by Crippen LogP contribution is -2.45. The number of carbonyl (C=O) groups is 1. The smallest absolute Gasteiger partial charge is 0.410 e. The Bertz CT molecular complexity index is 717. The number of hydrogen-bond donors (Lipinski definition) is 0. The van der Waals surface area contributed by atoms with Crippen molar-refractivity contribution in [3.8, 4) is 0 Å². The van der Waals surface area contributed by atoms with Crippen molar-refractivity contribution in [3.63, 3.8) is 0 Å². The molecule has 1 aromatic heterocycles. The Morgan fingerprint density at radius 2 is 1.70 bits per heavy atom. The van der Waals surface area contributed by atoms with E-state index in [0.717, 1.165) is 58.3 Å². The van der Waals surface area contributed by atoms with Crippen LogP contribution in [0, 0.1) is 0 Å². The molecular formula is C24H37N3O3. The van der Waals surface area contributed by atoms with Crippen LogP contribution in [-0.2, 0) is 15.9 Å². The standard InChI is InChI=1S/C24H37N3O3/c1-24(2,3)30-23(28)27-16-11-19(12-17-27)29-18-9-14-26(15-10-18)22-8-4-7-21-20(22)6-5-13-25-21/h5-6,13,18-19,22H,4,7-12,14-17H2,1-3H3. The number of likely N-dealkylation sites (tertiary alicyclic amines) is 2. The average Bonchev–Trinajstić information content (AvgIpc) is 2.73. The molecule has 3 heterocycles. The normalized spacial score (nSPS) is 24.5. The zero-order valence-electron chi connectivity index (χ0n) is 18.8. The minimum absolute atomic E-state index is 0.198. The molecule has 1 unspecified atom stereocenters. The maximum absolute atomic E-state index is 12.2. The number of ether oxygens (including phenoxy) is 2. The first kappa shape index (κ1) is 21.6. The van der Waals surface area contributed by atoms with Crippen LogP contribution in [0.1, 0.15) is 76.6 Å². The van der Waals surface area contributed by atoms with Gasteiger partial charge in [-0.15, -0.1) is 0 Å². The topological polar surface area (TPSA) is 54.9 Å². The van der Waals surface area contributed by atoms with Crippen LogP contribution >= 0.6 is 0 Å². The Morgan fingerprint density at radius 3 is 2.37 bits per heavy atom. The third-order valence-electron chi connectivity index (χ3n) is 6.57. The zero-order valence-corrected chi connectivity index (χ0v) is 18.8. The van der Waals surface area contributed by atoms with Crippen molar-refractivity contribution in [3.05, 3.63) is 29.6 Å². The van der Waals surface area contributed by atoms with Crippen molar-refractivity contribution in [1.29, 1.82) is 0 Å². The number of aryl methyl sites for hydroxylation is 1. The molecular weight excluding hydrogens is 378 g/mol. The lowest BCUT2D eigenvalue weighted by molar-refractivity contribution is -0.0705. The summed E-state index contributed by atoms with van der Waals surface area (Å²) < 4.78 is 11.9. The van der Waals surface area contributed by atoms with E-state index in [4.69, 9.17) is 9.47 Å². The third-order valence-corrected chi connectivity index (χ3v) is 6.57. The quantitative estimate of drug-likeness (QED) is 0.735. The van der Waals surface area contributed by atoms with Crippen molar-refractivity contribution in [1.82, 2.24) is 14.8 Å². The van der Waals surface area contributed by atoms with Crippen molar-refractivity contribution < 1.29 is 14.3 Å². The van der Waals surface area contributed by atoms with Crippen LogP contribution in [0.3, 0.4) is 0 Å². The Hall–Kier alpha value is -1.66. The lowest BCUT2D eigenvalue weighted by Gasteiger charge is -2.41. The van der Waals surface area contributed by atoms with Gasteiger partial charge in [-0.25, -0.2) is 4.79 Å². The highest BCUT2D eigenvalue weighted by atomic mass is 16.6. The summed E-state index contributed by atoms with van der Waals surface area (Å²) in [6.07, 6.45) is 9.93. The second-order valence-electron chi connectivity index (χ2n) is 9.99. The van der Waals surface area contributed by atoms with Crippen LogP contribution in [0.2, 0.25) is 0 Å². The molecule has 2 saturated heterocycles. The van der Waals surface area contributed by atoms with Gasteiger partial charge in [-0.2, -0.15) is 0 Å². The first-order valence-electron chi connectivity index (χ1n) is 11.7. The first-order valence-corrected chi connectivity index (χ1v) is 11.7. The largest absolute Gasteiger partial charge is 0.444 e. The molecule has 0 radical (unpaired) electrons. The molecule has 6 nitrogen and oxygen atoms in total. The van der Waals surface area contributed by atoms with Crippen molar-refractivity contribution in [2.45, 2.75) is 89.6 Å². The second kappa shape index (κ2) is 9.23.